The number of sulfone groups is 1. The lowest BCUT2D eigenvalue weighted by Gasteiger charge is -2.17. The Balaban J connectivity index is 3.82. The van der Waals surface area contributed by atoms with E-state index in [1.165, 1.54) is 32.1 Å². The summed E-state index contributed by atoms with van der Waals surface area (Å²) in [6.07, 6.45) is 8.09. The Morgan fingerprint density at radius 1 is 0.944 bits per heavy atom. The summed E-state index contributed by atoms with van der Waals surface area (Å²) in [6.45, 7) is 7.03. The van der Waals surface area contributed by atoms with Crippen LogP contribution in [0, 0.1) is 0 Å². The normalized spacial score (nSPS) is 13.7. The van der Waals surface area contributed by atoms with Crippen LogP contribution < -0.4 is 5.32 Å². The highest BCUT2D eigenvalue weighted by atomic mass is 32.2. The molecule has 0 saturated carbocycles. The minimum atomic E-state index is -2.79. The summed E-state index contributed by atoms with van der Waals surface area (Å²) in [5.74, 6) is 0.621. The maximum atomic E-state index is 11.4. The maximum absolute atomic E-state index is 11.4. The van der Waals surface area contributed by atoms with Crippen LogP contribution in [-0.4, -0.2) is 32.5 Å². The van der Waals surface area contributed by atoms with Crippen LogP contribution in [0.3, 0.4) is 0 Å². The van der Waals surface area contributed by atoms with Crippen molar-refractivity contribution in [1.29, 1.82) is 0 Å². The van der Waals surface area contributed by atoms with E-state index in [2.05, 4.69) is 19.2 Å². The molecule has 1 unspecified atom stereocenters. The molecule has 0 amide bonds. The molecule has 0 bridgehead atoms. The minimum Gasteiger partial charge on any atom is -0.314 e. The van der Waals surface area contributed by atoms with Crippen LogP contribution in [0.4, 0.5) is 0 Å². The Hall–Kier alpha value is -0.0900. The highest BCUT2D eigenvalue weighted by Gasteiger charge is 2.11. The monoisotopic (exact) mass is 277 g/mol. The van der Waals surface area contributed by atoms with Crippen molar-refractivity contribution in [2.75, 3.05) is 18.1 Å². The van der Waals surface area contributed by atoms with E-state index in [9.17, 15) is 8.42 Å². The van der Waals surface area contributed by atoms with Crippen LogP contribution in [0.15, 0.2) is 0 Å². The van der Waals surface area contributed by atoms with Gasteiger partial charge in [-0.2, -0.15) is 0 Å². The average Bonchev–Trinajstić information content (AvgIpc) is 2.34. The van der Waals surface area contributed by atoms with Gasteiger partial charge in [-0.1, -0.05) is 46.5 Å². The molecule has 4 heteroatoms. The Labute approximate surface area is 114 Å². The fourth-order valence-corrected chi connectivity index (χ4v) is 3.04. The lowest BCUT2D eigenvalue weighted by molar-refractivity contribution is 0.437. The molecule has 1 N–H and O–H groups in total. The third-order valence-electron chi connectivity index (χ3n) is 3.35. The van der Waals surface area contributed by atoms with Gasteiger partial charge in [-0.25, -0.2) is 8.42 Å². The van der Waals surface area contributed by atoms with E-state index < -0.39 is 9.84 Å². The SMILES string of the molecule is CCCCCCC(CCCS(=O)(=O)CC)NCC. The Morgan fingerprint density at radius 3 is 2.17 bits per heavy atom. The van der Waals surface area contributed by atoms with Crippen LogP contribution >= 0.6 is 0 Å². The Morgan fingerprint density at radius 2 is 1.61 bits per heavy atom. The van der Waals surface area contributed by atoms with Crippen LogP contribution in [0.1, 0.15) is 65.7 Å². The van der Waals surface area contributed by atoms with Crippen LogP contribution in [-0.2, 0) is 9.84 Å². The highest BCUT2D eigenvalue weighted by Crippen LogP contribution is 2.10. The standard InChI is InChI=1S/C14H31NO2S/c1-4-7-8-9-11-14(15-5-2)12-10-13-18(16,17)6-3/h14-15H,4-13H2,1-3H3. The molecule has 0 aliphatic rings. The third-order valence-corrected chi connectivity index (χ3v) is 5.14. The number of unbranched alkanes of at least 4 members (excludes halogenated alkanes) is 3. The van der Waals surface area contributed by atoms with Crippen molar-refractivity contribution in [3.05, 3.63) is 0 Å². The first-order valence-electron chi connectivity index (χ1n) is 7.49. The zero-order chi connectivity index (χ0) is 13.9. The van der Waals surface area contributed by atoms with Gasteiger partial charge in [0, 0.05) is 11.8 Å². The second-order valence-corrected chi connectivity index (χ2v) is 7.46. The van der Waals surface area contributed by atoms with Crippen LogP contribution in [0.2, 0.25) is 0 Å². The van der Waals surface area contributed by atoms with Gasteiger partial charge in [0.25, 0.3) is 0 Å². The highest BCUT2D eigenvalue weighted by molar-refractivity contribution is 7.91. The number of hydrogen-bond donors (Lipinski definition) is 1. The van der Waals surface area contributed by atoms with Gasteiger partial charge in [0.05, 0.1) is 5.75 Å². The Kier molecular flexibility index (Phi) is 10.7. The van der Waals surface area contributed by atoms with Gasteiger partial charge in [0.1, 0.15) is 9.84 Å². The van der Waals surface area contributed by atoms with Gasteiger partial charge in [-0.05, 0) is 25.8 Å². The van der Waals surface area contributed by atoms with Crippen molar-refractivity contribution < 1.29 is 8.42 Å². The Bertz CT molecular complexity index is 276. The van der Waals surface area contributed by atoms with Gasteiger partial charge in [-0.3, -0.25) is 0 Å². The molecule has 110 valence electrons. The van der Waals surface area contributed by atoms with E-state index in [0.717, 1.165) is 19.4 Å². The van der Waals surface area contributed by atoms with E-state index in [1.807, 2.05) is 0 Å². The molecule has 0 saturated heterocycles. The molecule has 0 radical (unpaired) electrons. The van der Waals surface area contributed by atoms with Crippen molar-refractivity contribution in [1.82, 2.24) is 5.32 Å². The molecule has 0 aromatic rings. The van der Waals surface area contributed by atoms with Crippen LogP contribution in [0.25, 0.3) is 0 Å². The third kappa shape index (κ3) is 9.89. The molecule has 0 aliphatic carbocycles. The van der Waals surface area contributed by atoms with Gasteiger partial charge < -0.3 is 5.32 Å². The summed E-state index contributed by atoms with van der Waals surface area (Å²) in [5.41, 5.74) is 0. The second kappa shape index (κ2) is 10.8. The molecule has 0 aromatic carbocycles. The summed E-state index contributed by atoms with van der Waals surface area (Å²) in [5, 5.41) is 3.47. The molecule has 0 aliphatic heterocycles. The number of nitrogens with one attached hydrogen (secondary N) is 1. The van der Waals surface area contributed by atoms with Gasteiger partial charge >= 0.3 is 0 Å². The fourth-order valence-electron chi connectivity index (χ4n) is 2.15. The molecule has 18 heavy (non-hydrogen) atoms. The van der Waals surface area contributed by atoms with Gasteiger partial charge in [0.2, 0.25) is 0 Å². The summed E-state index contributed by atoms with van der Waals surface area (Å²) >= 11 is 0. The van der Waals surface area contributed by atoms with E-state index in [4.69, 9.17) is 0 Å². The molecular weight excluding hydrogens is 246 g/mol. The summed E-state index contributed by atoms with van der Waals surface area (Å²) in [6, 6.07) is 0.499. The topological polar surface area (TPSA) is 46.2 Å². The van der Waals surface area contributed by atoms with E-state index in [-0.39, 0.29) is 5.75 Å². The van der Waals surface area contributed by atoms with E-state index >= 15 is 0 Å². The summed E-state index contributed by atoms with van der Waals surface area (Å²) in [7, 11) is -2.79. The summed E-state index contributed by atoms with van der Waals surface area (Å²) < 4.78 is 22.8. The smallest absolute Gasteiger partial charge is 0.150 e. The quantitative estimate of drug-likeness (QED) is 0.557. The van der Waals surface area contributed by atoms with Crippen molar-refractivity contribution in [3.8, 4) is 0 Å². The molecule has 0 spiro atoms. The lowest BCUT2D eigenvalue weighted by atomic mass is 10.0. The molecule has 0 fully saturated rings. The number of rotatable bonds is 12. The van der Waals surface area contributed by atoms with Crippen molar-refractivity contribution in [3.63, 3.8) is 0 Å². The van der Waals surface area contributed by atoms with Crippen molar-refractivity contribution in [2.45, 2.75) is 71.8 Å². The van der Waals surface area contributed by atoms with Gasteiger partial charge in [0.15, 0.2) is 0 Å². The molecule has 3 nitrogen and oxygen atoms in total. The second-order valence-electron chi connectivity index (χ2n) is 4.98. The lowest BCUT2D eigenvalue weighted by Crippen LogP contribution is -2.29. The van der Waals surface area contributed by atoms with Gasteiger partial charge in [-0.15, -0.1) is 0 Å². The fraction of sp³-hybridized carbons (Fsp3) is 1.00. The first-order chi connectivity index (χ1) is 8.55. The molecular formula is C14H31NO2S. The first-order valence-corrected chi connectivity index (χ1v) is 9.31. The maximum Gasteiger partial charge on any atom is 0.150 e. The molecule has 0 aromatic heterocycles. The number of hydrogen-bond acceptors (Lipinski definition) is 3. The van der Waals surface area contributed by atoms with E-state index in [1.54, 1.807) is 6.92 Å². The molecule has 0 rings (SSSR count). The molecule has 1 atom stereocenters. The predicted octanol–water partition coefficient (Wildman–Crippen LogP) is 3.15. The minimum absolute atomic E-state index is 0.273. The zero-order valence-corrected chi connectivity index (χ0v) is 13.2. The zero-order valence-electron chi connectivity index (χ0n) is 12.4. The summed E-state index contributed by atoms with van der Waals surface area (Å²) in [4.78, 5) is 0. The predicted molar refractivity (Wildman–Crippen MR) is 79.8 cm³/mol. The molecule has 0 heterocycles. The largest absolute Gasteiger partial charge is 0.314 e. The average molecular weight is 277 g/mol. The van der Waals surface area contributed by atoms with E-state index in [0.29, 0.717) is 11.8 Å². The first kappa shape index (κ1) is 17.9. The van der Waals surface area contributed by atoms with Crippen molar-refractivity contribution in [2.24, 2.45) is 0 Å². The van der Waals surface area contributed by atoms with Crippen LogP contribution in [0.5, 0.6) is 0 Å². The van der Waals surface area contributed by atoms with Crippen molar-refractivity contribution >= 4 is 9.84 Å².